The van der Waals surface area contributed by atoms with Crippen molar-refractivity contribution in [1.29, 1.82) is 0 Å². The van der Waals surface area contributed by atoms with Gasteiger partial charge in [0.15, 0.2) is 0 Å². The molecule has 0 fully saturated rings. The van der Waals surface area contributed by atoms with Crippen LogP contribution in [0, 0.1) is 6.92 Å². The summed E-state index contributed by atoms with van der Waals surface area (Å²) in [7, 11) is 0. The quantitative estimate of drug-likeness (QED) is 0.789. The third-order valence-corrected chi connectivity index (χ3v) is 3.98. The van der Waals surface area contributed by atoms with Crippen molar-refractivity contribution in [2.75, 3.05) is 6.61 Å². The summed E-state index contributed by atoms with van der Waals surface area (Å²) in [5.74, 6) is 0.834. The molecule has 0 aromatic heterocycles. The Balaban J connectivity index is 2.46. The molecule has 2 N–H and O–H groups in total. The van der Waals surface area contributed by atoms with Gasteiger partial charge >= 0.3 is 0 Å². The lowest BCUT2D eigenvalue weighted by Crippen LogP contribution is -2.14. The lowest BCUT2D eigenvalue weighted by Gasteiger charge is -2.18. The molecule has 2 aromatic rings. The second-order valence-corrected chi connectivity index (χ2v) is 6.49. The van der Waals surface area contributed by atoms with Crippen molar-refractivity contribution in [3.05, 3.63) is 62.0 Å². The summed E-state index contributed by atoms with van der Waals surface area (Å²) < 4.78 is 7.72. The molecular weight excluding hydrogens is 382 g/mol. The minimum Gasteiger partial charge on any atom is -0.494 e. The van der Waals surface area contributed by atoms with Crippen LogP contribution in [0.4, 0.5) is 0 Å². The van der Waals surface area contributed by atoms with E-state index in [4.69, 9.17) is 10.5 Å². The number of hydrogen-bond acceptors (Lipinski definition) is 2. The second-order valence-electron chi connectivity index (χ2n) is 4.65. The first-order chi connectivity index (χ1) is 9.51. The molecule has 0 amide bonds. The van der Waals surface area contributed by atoms with Gasteiger partial charge in [0.2, 0.25) is 0 Å². The van der Waals surface area contributed by atoms with Gasteiger partial charge in [-0.05, 0) is 55.3 Å². The minimum atomic E-state index is -0.217. The Labute approximate surface area is 136 Å². The van der Waals surface area contributed by atoms with Crippen molar-refractivity contribution < 1.29 is 4.74 Å². The van der Waals surface area contributed by atoms with Crippen molar-refractivity contribution in [3.8, 4) is 5.75 Å². The van der Waals surface area contributed by atoms with Gasteiger partial charge in [0.1, 0.15) is 5.75 Å². The zero-order valence-corrected chi connectivity index (χ0v) is 14.7. The van der Waals surface area contributed by atoms with Gasteiger partial charge in [-0.15, -0.1) is 0 Å². The Morgan fingerprint density at radius 2 is 1.85 bits per heavy atom. The van der Waals surface area contributed by atoms with E-state index >= 15 is 0 Å². The second kappa shape index (κ2) is 6.74. The maximum atomic E-state index is 6.43. The first-order valence-electron chi connectivity index (χ1n) is 6.46. The van der Waals surface area contributed by atoms with Crippen molar-refractivity contribution in [2.24, 2.45) is 5.73 Å². The fourth-order valence-corrected chi connectivity index (χ4v) is 3.18. The average molecular weight is 399 g/mol. The van der Waals surface area contributed by atoms with Crippen molar-refractivity contribution in [3.63, 3.8) is 0 Å². The first kappa shape index (κ1) is 15.5. The molecule has 4 heteroatoms. The summed E-state index contributed by atoms with van der Waals surface area (Å²) >= 11 is 7.02. The summed E-state index contributed by atoms with van der Waals surface area (Å²) in [6.45, 7) is 4.66. The lowest BCUT2D eigenvalue weighted by molar-refractivity contribution is 0.335. The van der Waals surface area contributed by atoms with Crippen LogP contribution in [-0.4, -0.2) is 6.61 Å². The molecule has 0 heterocycles. The van der Waals surface area contributed by atoms with Gasteiger partial charge in [-0.1, -0.05) is 37.9 Å². The predicted molar refractivity (Wildman–Crippen MR) is 90.2 cm³/mol. The van der Waals surface area contributed by atoms with Gasteiger partial charge in [-0.25, -0.2) is 0 Å². The SMILES string of the molecule is CCOc1ccc(Br)cc1C(N)c1cc(C)cc(Br)c1. The third-order valence-electron chi connectivity index (χ3n) is 3.03. The zero-order valence-electron chi connectivity index (χ0n) is 11.5. The van der Waals surface area contributed by atoms with Gasteiger partial charge in [0, 0.05) is 14.5 Å². The molecule has 0 spiro atoms. The van der Waals surface area contributed by atoms with Crippen LogP contribution in [0.5, 0.6) is 5.75 Å². The number of rotatable bonds is 4. The maximum Gasteiger partial charge on any atom is 0.124 e. The summed E-state index contributed by atoms with van der Waals surface area (Å²) in [6.07, 6.45) is 0. The Morgan fingerprint density at radius 3 is 2.50 bits per heavy atom. The molecule has 20 heavy (non-hydrogen) atoms. The van der Waals surface area contributed by atoms with E-state index in [0.717, 1.165) is 25.8 Å². The molecule has 1 unspecified atom stereocenters. The van der Waals surface area contributed by atoms with E-state index in [1.54, 1.807) is 0 Å². The molecule has 2 aromatic carbocycles. The van der Waals surface area contributed by atoms with E-state index in [0.29, 0.717) is 6.61 Å². The Morgan fingerprint density at radius 1 is 1.10 bits per heavy atom. The van der Waals surface area contributed by atoms with E-state index in [1.807, 2.05) is 31.2 Å². The Bertz CT molecular complexity index is 593. The highest BCUT2D eigenvalue weighted by atomic mass is 79.9. The standard InChI is InChI=1S/C16H17Br2NO/c1-3-20-15-5-4-12(17)9-14(15)16(19)11-6-10(2)7-13(18)8-11/h4-9,16H,3,19H2,1-2H3. The molecular formula is C16H17Br2NO. The van der Waals surface area contributed by atoms with Gasteiger partial charge in [0.05, 0.1) is 12.6 Å². The van der Waals surface area contributed by atoms with Crippen molar-refractivity contribution in [1.82, 2.24) is 0 Å². The largest absolute Gasteiger partial charge is 0.494 e. The van der Waals surface area contributed by atoms with E-state index < -0.39 is 0 Å². The molecule has 0 aliphatic carbocycles. The Kier molecular flexibility index (Phi) is 5.24. The summed E-state index contributed by atoms with van der Waals surface area (Å²) in [6, 6.07) is 11.9. The average Bonchev–Trinajstić information content (AvgIpc) is 2.39. The van der Waals surface area contributed by atoms with Gasteiger partial charge in [-0.3, -0.25) is 0 Å². The van der Waals surface area contributed by atoms with Crippen LogP contribution < -0.4 is 10.5 Å². The molecule has 0 aliphatic heterocycles. The normalized spacial score (nSPS) is 12.2. The molecule has 2 nitrogen and oxygen atoms in total. The van der Waals surface area contributed by atoms with Gasteiger partial charge < -0.3 is 10.5 Å². The van der Waals surface area contributed by atoms with Crippen LogP contribution in [0.3, 0.4) is 0 Å². The van der Waals surface area contributed by atoms with E-state index in [1.165, 1.54) is 5.56 Å². The highest BCUT2D eigenvalue weighted by Crippen LogP contribution is 2.32. The molecule has 1 atom stereocenters. The smallest absolute Gasteiger partial charge is 0.124 e. The molecule has 0 radical (unpaired) electrons. The summed E-state index contributed by atoms with van der Waals surface area (Å²) in [4.78, 5) is 0. The number of aryl methyl sites for hydroxylation is 1. The Hall–Kier alpha value is -0.840. The highest BCUT2D eigenvalue weighted by Gasteiger charge is 2.15. The molecule has 0 bridgehead atoms. The van der Waals surface area contributed by atoms with Crippen LogP contribution in [0.15, 0.2) is 45.3 Å². The fraction of sp³-hybridized carbons (Fsp3) is 0.250. The zero-order chi connectivity index (χ0) is 14.7. The predicted octanol–water partition coefficient (Wildman–Crippen LogP) is 4.97. The maximum absolute atomic E-state index is 6.43. The van der Waals surface area contributed by atoms with Gasteiger partial charge in [0.25, 0.3) is 0 Å². The number of benzene rings is 2. The monoisotopic (exact) mass is 397 g/mol. The van der Waals surface area contributed by atoms with Crippen LogP contribution in [-0.2, 0) is 0 Å². The molecule has 0 aliphatic rings. The van der Waals surface area contributed by atoms with Gasteiger partial charge in [-0.2, -0.15) is 0 Å². The first-order valence-corrected chi connectivity index (χ1v) is 8.04. The highest BCUT2D eigenvalue weighted by molar-refractivity contribution is 9.10. The van der Waals surface area contributed by atoms with Crippen LogP contribution in [0.2, 0.25) is 0 Å². The lowest BCUT2D eigenvalue weighted by atomic mass is 9.97. The summed E-state index contributed by atoms with van der Waals surface area (Å²) in [5, 5.41) is 0. The summed E-state index contributed by atoms with van der Waals surface area (Å²) in [5.41, 5.74) is 9.66. The number of ether oxygens (including phenoxy) is 1. The van der Waals surface area contributed by atoms with Crippen LogP contribution in [0.1, 0.15) is 29.7 Å². The molecule has 0 saturated carbocycles. The number of hydrogen-bond donors (Lipinski definition) is 1. The van der Waals surface area contributed by atoms with Crippen LogP contribution >= 0.6 is 31.9 Å². The van der Waals surface area contributed by atoms with E-state index in [2.05, 4.69) is 50.9 Å². The van der Waals surface area contributed by atoms with Crippen LogP contribution in [0.25, 0.3) is 0 Å². The van der Waals surface area contributed by atoms with E-state index in [-0.39, 0.29) is 6.04 Å². The fourth-order valence-electron chi connectivity index (χ4n) is 2.17. The van der Waals surface area contributed by atoms with Crippen molar-refractivity contribution >= 4 is 31.9 Å². The third kappa shape index (κ3) is 3.62. The topological polar surface area (TPSA) is 35.2 Å². The van der Waals surface area contributed by atoms with Crippen molar-refractivity contribution in [2.45, 2.75) is 19.9 Å². The molecule has 0 saturated heterocycles. The van der Waals surface area contributed by atoms with E-state index in [9.17, 15) is 0 Å². The molecule has 2 rings (SSSR count). The number of nitrogens with two attached hydrogens (primary N) is 1. The molecule has 106 valence electrons. The minimum absolute atomic E-state index is 0.217. The number of halogens is 2.